The lowest BCUT2D eigenvalue weighted by Crippen LogP contribution is -2.27. The van der Waals surface area contributed by atoms with Crippen molar-refractivity contribution in [3.05, 3.63) is 72.3 Å². The molecule has 3 aromatic heterocycles. The van der Waals surface area contributed by atoms with Crippen molar-refractivity contribution in [1.82, 2.24) is 9.97 Å². The topological polar surface area (TPSA) is 51.0 Å². The molecular formula is C23H17N3O. The maximum Gasteiger partial charge on any atom is 0.159 e. The van der Waals surface area contributed by atoms with Crippen LogP contribution < -0.4 is 5.32 Å². The molecule has 2 aromatic carbocycles. The summed E-state index contributed by atoms with van der Waals surface area (Å²) in [5.74, 6) is 0. The van der Waals surface area contributed by atoms with Gasteiger partial charge in [-0.2, -0.15) is 0 Å². The number of fused-ring (bicyclic) bond motifs is 9. The number of benzene rings is 2. The van der Waals surface area contributed by atoms with Crippen molar-refractivity contribution in [2.24, 2.45) is 0 Å². The third-order valence-electron chi connectivity index (χ3n) is 5.72. The van der Waals surface area contributed by atoms with Gasteiger partial charge in [-0.3, -0.25) is 9.97 Å². The maximum atomic E-state index is 6.36. The van der Waals surface area contributed by atoms with Gasteiger partial charge >= 0.3 is 0 Å². The number of aromatic nitrogens is 2. The fourth-order valence-electron chi connectivity index (χ4n) is 4.57. The van der Waals surface area contributed by atoms with Crippen LogP contribution in [0.4, 0.5) is 11.4 Å². The normalized spacial score (nSPS) is 14.9. The van der Waals surface area contributed by atoms with E-state index >= 15 is 0 Å². The Hall–Kier alpha value is -3.40. The summed E-state index contributed by atoms with van der Waals surface area (Å²) < 4.78 is 6.36. The van der Waals surface area contributed by atoms with Gasteiger partial charge in [-0.25, -0.2) is 0 Å². The van der Waals surface area contributed by atoms with E-state index in [9.17, 15) is 0 Å². The highest BCUT2D eigenvalue weighted by molar-refractivity contribution is 6.24. The van der Waals surface area contributed by atoms with Crippen LogP contribution in [0.5, 0.6) is 0 Å². The predicted octanol–water partition coefficient (Wildman–Crippen LogP) is 5.91. The monoisotopic (exact) mass is 351 g/mol. The SMILES string of the molecule is CC1(C)c2ncccc2Nc2c1c1ccncc1c1c2oc2ccccc21. The standard InChI is InChI=1S/C23H17N3O/c1-23(2)19-13-9-11-24-12-15(13)18-14-6-3-4-8-17(14)27-21(18)20(19)26-16-7-5-10-25-22(16)23/h3-12,26H,1-2H3. The molecule has 1 N–H and O–H groups in total. The fraction of sp³-hybridized carbons (Fsp3) is 0.130. The molecule has 4 heteroatoms. The van der Waals surface area contributed by atoms with Crippen molar-refractivity contribution in [2.45, 2.75) is 19.3 Å². The van der Waals surface area contributed by atoms with Gasteiger partial charge in [0, 0.05) is 40.2 Å². The van der Waals surface area contributed by atoms with Gasteiger partial charge in [0.15, 0.2) is 5.58 Å². The zero-order valence-electron chi connectivity index (χ0n) is 15.1. The number of nitrogens with zero attached hydrogens (tertiary/aromatic N) is 2. The highest BCUT2D eigenvalue weighted by atomic mass is 16.3. The first kappa shape index (κ1) is 14.7. The quantitative estimate of drug-likeness (QED) is 0.377. The number of hydrogen-bond acceptors (Lipinski definition) is 4. The average molecular weight is 351 g/mol. The van der Waals surface area contributed by atoms with E-state index in [1.165, 1.54) is 10.9 Å². The number of hydrogen-bond donors (Lipinski definition) is 1. The molecule has 0 bridgehead atoms. The third kappa shape index (κ3) is 1.77. The van der Waals surface area contributed by atoms with E-state index in [4.69, 9.17) is 9.40 Å². The van der Waals surface area contributed by atoms with Crippen LogP contribution in [-0.2, 0) is 5.41 Å². The lowest BCUT2D eigenvalue weighted by atomic mass is 9.74. The number of para-hydroxylation sites is 1. The Bertz CT molecular complexity index is 1380. The first-order valence-corrected chi connectivity index (χ1v) is 9.10. The van der Waals surface area contributed by atoms with E-state index in [0.717, 1.165) is 44.4 Å². The van der Waals surface area contributed by atoms with Crippen LogP contribution in [0.3, 0.4) is 0 Å². The molecule has 130 valence electrons. The van der Waals surface area contributed by atoms with Crippen LogP contribution in [0.2, 0.25) is 0 Å². The second-order valence-corrected chi connectivity index (χ2v) is 7.62. The average Bonchev–Trinajstić information content (AvgIpc) is 3.08. The van der Waals surface area contributed by atoms with E-state index in [2.05, 4.69) is 48.4 Å². The molecule has 0 saturated carbocycles. The summed E-state index contributed by atoms with van der Waals surface area (Å²) in [4.78, 5) is 9.10. The largest absolute Gasteiger partial charge is 0.454 e. The van der Waals surface area contributed by atoms with Gasteiger partial charge in [0.1, 0.15) is 5.58 Å². The third-order valence-corrected chi connectivity index (χ3v) is 5.72. The second kappa shape index (κ2) is 4.86. The number of nitrogens with one attached hydrogen (secondary N) is 1. The molecule has 4 heterocycles. The molecule has 0 fully saturated rings. The van der Waals surface area contributed by atoms with E-state index in [-0.39, 0.29) is 5.41 Å². The van der Waals surface area contributed by atoms with Gasteiger partial charge in [0.2, 0.25) is 0 Å². The van der Waals surface area contributed by atoms with Crippen LogP contribution in [0, 0.1) is 0 Å². The Morgan fingerprint density at radius 1 is 0.926 bits per heavy atom. The summed E-state index contributed by atoms with van der Waals surface area (Å²) in [6, 6.07) is 14.3. The van der Waals surface area contributed by atoms with E-state index < -0.39 is 0 Å². The number of pyridine rings is 2. The Labute approximate surface area is 155 Å². The zero-order valence-corrected chi connectivity index (χ0v) is 15.1. The molecule has 0 spiro atoms. The maximum absolute atomic E-state index is 6.36. The Kier molecular flexibility index (Phi) is 2.65. The van der Waals surface area contributed by atoms with Crippen molar-refractivity contribution < 1.29 is 4.42 Å². The minimum absolute atomic E-state index is 0.260. The molecule has 5 aromatic rings. The summed E-state index contributed by atoms with van der Waals surface area (Å²) >= 11 is 0. The van der Waals surface area contributed by atoms with Crippen LogP contribution in [0.25, 0.3) is 32.7 Å². The van der Waals surface area contributed by atoms with E-state index in [1.54, 1.807) is 0 Å². The van der Waals surface area contributed by atoms with Crippen LogP contribution in [0.15, 0.2) is 65.5 Å². The lowest BCUT2D eigenvalue weighted by Gasteiger charge is -2.35. The molecule has 0 aliphatic carbocycles. The van der Waals surface area contributed by atoms with Crippen molar-refractivity contribution in [3.8, 4) is 0 Å². The minimum Gasteiger partial charge on any atom is -0.454 e. The zero-order chi connectivity index (χ0) is 18.2. The summed E-state index contributed by atoms with van der Waals surface area (Å²) in [7, 11) is 0. The first-order valence-electron chi connectivity index (χ1n) is 9.10. The van der Waals surface area contributed by atoms with E-state index in [1.807, 2.05) is 36.8 Å². The second-order valence-electron chi connectivity index (χ2n) is 7.62. The smallest absolute Gasteiger partial charge is 0.159 e. The van der Waals surface area contributed by atoms with E-state index in [0.29, 0.717) is 0 Å². The Balaban J connectivity index is 1.89. The molecule has 0 unspecified atom stereocenters. The highest BCUT2D eigenvalue weighted by Crippen LogP contribution is 2.52. The summed E-state index contributed by atoms with van der Waals surface area (Å²) in [5, 5.41) is 8.15. The predicted molar refractivity (Wildman–Crippen MR) is 109 cm³/mol. The van der Waals surface area contributed by atoms with Crippen molar-refractivity contribution in [1.29, 1.82) is 0 Å². The molecule has 6 rings (SSSR count). The van der Waals surface area contributed by atoms with Crippen molar-refractivity contribution in [3.63, 3.8) is 0 Å². The fourth-order valence-corrected chi connectivity index (χ4v) is 4.57. The minimum atomic E-state index is -0.260. The molecule has 0 atom stereocenters. The molecule has 27 heavy (non-hydrogen) atoms. The molecule has 1 aliphatic rings. The molecule has 1 aliphatic heterocycles. The summed E-state index contributed by atoms with van der Waals surface area (Å²) in [6.45, 7) is 4.46. The Morgan fingerprint density at radius 2 is 1.81 bits per heavy atom. The van der Waals surface area contributed by atoms with Crippen molar-refractivity contribution in [2.75, 3.05) is 5.32 Å². The molecule has 0 radical (unpaired) electrons. The highest BCUT2D eigenvalue weighted by Gasteiger charge is 2.37. The Morgan fingerprint density at radius 3 is 2.74 bits per heavy atom. The lowest BCUT2D eigenvalue weighted by molar-refractivity contribution is 0.615. The molecular weight excluding hydrogens is 334 g/mol. The number of rotatable bonds is 0. The van der Waals surface area contributed by atoms with Gasteiger partial charge in [0.05, 0.1) is 17.1 Å². The number of furan rings is 1. The first-order chi connectivity index (χ1) is 13.2. The molecule has 0 amide bonds. The number of anilines is 2. The van der Waals surface area contributed by atoms with Gasteiger partial charge in [-0.15, -0.1) is 0 Å². The molecule has 0 saturated heterocycles. The van der Waals surface area contributed by atoms with Gasteiger partial charge in [-0.05, 0) is 49.1 Å². The van der Waals surface area contributed by atoms with Crippen LogP contribution in [0.1, 0.15) is 25.1 Å². The summed E-state index contributed by atoms with van der Waals surface area (Å²) in [5.41, 5.74) is 5.83. The van der Waals surface area contributed by atoms with Crippen LogP contribution in [-0.4, -0.2) is 9.97 Å². The molecule has 4 nitrogen and oxygen atoms in total. The van der Waals surface area contributed by atoms with Gasteiger partial charge < -0.3 is 9.73 Å². The van der Waals surface area contributed by atoms with Gasteiger partial charge in [-0.1, -0.05) is 18.2 Å². The summed E-state index contributed by atoms with van der Waals surface area (Å²) in [6.07, 6.45) is 5.67. The van der Waals surface area contributed by atoms with Gasteiger partial charge in [0.25, 0.3) is 0 Å². The van der Waals surface area contributed by atoms with Crippen molar-refractivity contribution >= 4 is 44.1 Å². The van der Waals surface area contributed by atoms with Crippen LogP contribution >= 0.6 is 0 Å².